The number of pyridine rings is 1. The molecule has 0 saturated heterocycles. The summed E-state index contributed by atoms with van der Waals surface area (Å²) in [6, 6.07) is 13.0. The van der Waals surface area contributed by atoms with Crippen molar-refractivity contribution in [2.45, 2.75) is 18.7 Å². The lowest BCUT2D eigenvalue weighted by Gasteiger charge is -2.12. The van der Waals surface area contributed by atoms with E-state index in [0.29, 0.717) is 27.8 Å². The third-order valence-corrected chi connectivity index (χ3v) is 6.39. The van der Waals surface area contributed by atoms with E-state index in [2.05, 4.69) is 10.3 Å². The molecule has 3 rings (SSSR count). The Bertz CT molecular complexity index is 1250. The number of ether oxygens (including phenoxy) is 1. The van der Waals surface area contributed by atoms with Crippen LogP contribution in [0.2, 0.25) is 0 Å². The quantitative estimate of drug-likeness (QED) is 0.590. The minimum atomic E-state index is -3.55. The van der Waals surface area contributed by atoms with Gasteiger partial charge in [-0.05, 0) is 56.3 Å². The van der Waals surface area contributed by atoms with Crippen molar-refractivity contribution in [2.24, 2.45) is 0 Å². The van der Waals surface area contributed by atoms with Gasteiger partial charge in [0.2, 0.25) is 10.0 Å². The molecular formula is C22H23N3O5S. The van der Waals surface area contributed by atoms with E-state index in [1.54, 1.807) is 13.0 Å². The Labute approximate surface area is 180 Å². The maximum absolute atomic E-state index is 12.6. The summed E-state index contributed by atoms with van der Waals surface area (Å²) in [6.45, 7) is 3.21. The minimum absolute atomic E-state index is 0.108. The topological polar surface area (TPSA) is 106 Å². The van der Waals surface area contributed by atoms with Gasteiger partial charge in [-0.3, -0.25) is 9.78 Å². The molecule has 8 nitrogen and oxygen atoms in total. The molecule has 162 valence electrons. The number of rotatable bonds is 6. The summed E-state index contributed by atoms with van der Waals surface area (Å²) in [5, 5.41) is 3.24. The van der Waals surface area contributed by atoms with Gasteiger partial charge in [-0.1, -0.05) is 11.6 Å². The number of esters is 1. The Kier molecular flexibility index (Phi) is 6.37. The Hall–Kier alpha value is -3.30. The molecule has 0 fully saturated rings. The molecule has 9 heteroatoms. The number of benzene rings is 2. The first-order valence-corrected chi connectivity index (χ1v) is 10.9. The maximum atomic E-state index is 12.6. The Morgan fingerprint density at radius 3 is 2.35 bits per heavy atom. The molecule has 0 unspecified atom stereocenters. The molecule has 0 bridgehead atoms. The Balaban J connectivity index is 1.67. The molecule has 0 aliphatic carbocycles. The number of fused-ring (bicyclic) bond motifs is 1. The fraction of sp³-hybridized carbons (Fsp3) is 0.227. The standard InChI is InChI=1S/C22H23N3O5S/c1-14-5-10-20-18(11-14)19(12-15(2)23-20)22(27)30-13-21(26)24-16-6-8-17(9-7-16)31(28,29)25(3)4/h5-12H,13H2,1-4H3,(H,24,26). The molecule has 0 radical (unpaired) electrons. The number of aromatic nitrogens is 1. The highest BCUT2D eigenvalue weighted by Gasteiger charge is 2.18. The number of amides is 1. The molecular weight excluding hydrogens is 418 g/mol. The Morgan fingerprint density at radius 2 is 1.71 bits per heavy atom. The highest BCUT2D eigenvalue weighted by molar-refractivity contribution is 7.89. The van der Waals surface area contributed by atoms with Gasteiger partial charge in [0, 0.05) is 30.9 Å². The van der Waals surface area contributed by atoms with Crippen LogP contribution in [0, 0.1) is 13.8 Å². The van der Waals surface area contributed by atoms with E-state index in [9.17, 15) is 18.0 Å². The average Bonchev–Trinajstić information content (AvgIpc) is 2.72. The van der Waals surface area contributed by atoms with Gasteiger partial charge in [0.05, 0.1) is 16.0 Å². The van der Waals surface area contributed by atoms with Gasteiger partial charge >= 0.3 is 5.97 Å². The number of hydrogen-bond donors (Lipinski definition) is 1. The number of aryl methyl sites for hydroxylation is 2. The number of anilines is 1. The van der Waals surface area contributed by atoms with E-state index in [1.165, 1.54) is 38.4 Å². The number of nitrogens with one attached hydrogen (secondary N) is 1. The summed E-state index contributed by atoms with van der Waals surface area (Å²) >= 11 is 0. The van der Waals surface area contributed by atoms with E-state index in [-0.39, 0.29) is 4.90 Å². The van der Waals surface area contributed by atoms with Crippen molar-refractivity contribution in [3.63, 3.8) is 0 Å². The monoisotopic (exact) mass is 441 g/mol. The molecule has 0 atom stereocenters. The second kappa shape index (κ2) is 8.83. The van der Waals surface area contributed by atoms with Crippen LogP contribution < -0.4 is 5.32 Å². The SMILES string of the molecule is Cc1ccc2nc(C)cc(C(=O)OCC(=O)Nc3ccc(S(=O)(=O)N(C)C)cc3)c2c1. The van der Waals surface area contributed by atoms with Crippen LogP contribution in [-0.4, -0.2) is 50.3 Å². The van der Waals surface area contributed by atoms with Crippen molar-refractivity contribution < 1.29 is 22.7 Å². The number of nitrogens with zero attached hydrogens (tertiary/aromatic N) is 2. The van der Waals surface area contributed by atoms with Crippen molar-refractivity contribution in [3.8, 4) is 0 Å². The molecule has 31 heavy (non-hydrogen) atoms. The second-order valence-electron chi connectivity index (χ2n) is 7.27. The van der Waals surface area contributed by atoms with Gasteiger partial charge in [0.25, 0.3) is 5.91 Å². The molecule has 1 heterocycles. The van der Waals surface area contributed by atoms with Crippen LogP contribution in [-0.2, 0) is 19.6 Å². The number of sulfonamides is 1. The van der Waals surface area contributed by atoms with Crippen molar-refractivity contribution >= 4 is 38.5 Å². The van der Waals surface area contributed by atoms with Crippen LogP contribution >= 0.6 is 0 Å². The summed E-state index contributed by atoms with van der Waals surface area (Å²) < 4.78 is 30.5. The summed E-state index contributed by atoms with van der Waals surface area (Å²) in [5.74, 6) is -1.16. The van der Waals surface area contributed by atoms with E-state index in [1.807, 2.05) is 25.1 Å². The van der Waals surface area contributed by atoms with Gasteiger partial charge in [0.15, 0.2) is 6.61 Å². The molecule has 0 aliphatic heterocycles. The highest BCUT2D eigenvalue weighted by Crippen LogP contribution is 2.21. The predicted molar refractivity (Wildman–Crippen MR) is 117 cm³/mol. The van der Waals surface area contributed by atoms with Crippen LogP contribution in [0.1, 0.15) is 21.6 Å². The van der Waals surface area contributed by atoms with Gasteiger partial charge in [0.1, 0.15) is 0 Å². The third-order valence-electron chi connectivity index (χ3n) is 4.56. The van der Waals surface area contributed by atoms with E-state index in [4.69, 9.17) is 4.74 Å². The zero-order chi connectivity index (χ0) is 22.8. The van der Waals surface area contributed by atoms with Gasteiger partial charge in [-0.25, -0.2) is 17.5 Å². The van der Waals surface area contributed by atoms with E-state index < -0.39 is 28.5 Å². The van der Waals surface area contributed by atoms with E-state index in [0.717, 1.165) is 9.87 Å². The Morgan fingerprint density at radius 1 is 1.03 bits per heavy atom. The summed E-state index contributed by atoms with van der Waals surface area (Å²) in [4.78, 5) is 29.3. The molecule has 0 aliphatic rings. The number of carbonyl (C=O) groups is 2. The number of carbonyl (C=O) groups excluding carboxylic acids is 2. The van der Waals surface area contributed by atoms with Gasteiger partial charge in [-0.15, -0.1) is 0 Å². The predicted octanol–water partition coefficient (Wildman–Crippen LogP) is 2.90. The number of hydrogen-bond acceptors (Lipinski definition) is 6. The summed E-state index contributed by atoms with van der Waals surface area (Å²) in [7, 11) is -0.675. The average molecular weight is 442 g/mol. The van der Waals surface area contributed by atoms with Crippen molar-refractivity contribution in [2.75, 3.05) is 26.0 Å². The van der Waals surface area contributed by atoms with Crippen LogP contribution in [0.5, 0.6) is 0 Å². The first-order valence-electron chi connectivity index (χ1n) is 9.45. The lowest BCUT2D eigenvalue weighted by molar-refractivity contribution is -0.119. The van der Waals surface area contributed by atoms with Gasteiger partial charge in [-0.2, -0.15) is 0 Å². The van der Waals surface area contributed by atoms with Crippen LogP contribution in [0.3, 0.4) is 0 Å². The smallest absolute Gasteiger partial charge is 0.339 e. The second-order valence-corrected chi connectivity index (χ2v) is 9.42. The highest BCUT2D eigenvalue weighted by atomic mass is 32.2. The van der Waals surface area contributed by atoms with Crippen LogP contribution in [0.25, 0.3) is 10.9 Å². The largest absolute Gasteiger partial charge is 0.452 e. The third kappa shape index (κ3) is 5.07. The summed E-state index contributed by atoms with van der Waals surface area (Å²) in [6.07, 6.45) is 0. The molecule has 1 aromatic heterocycles. The maximum Gasteiger partial charge on any atom is 0.339 e. The molecule has 1 N–H and O–H groups in total. The first kappa shape index (κ1) is 22.4. The van der Waals surface area contributed by atoms with E-state index >= 15 is 0 Å². The zero-order valence-corrected chi connectivity index (χ0v) is 18.5. The van der Waals surface area contributed by atoms with Crippen LogP contribution in [0.4, 0.5) is 5.69 Å². The summed E-state index contributed by atoms with van der Waals surface area (Å²) in [5.41, 5.74) is 3.05. The van der Waals surface area contributed by atoms with Crippen molar-refractivity contribution in [3.05, 3.63) is 65.4 Å². The molecule has 0 saturated carbocycles. The molecule has 0 spiro atoms. The normalized spacial score (nSPS) is 11.5. The lowest BCUT2D eigenvalue weighted by atomic mass is 10.1. The minimum Gasteiger partial charge on any atom is -0.452 e. The van der Waals surface area contributed by atoms with Crippen molar-refractivity contribution in [1.29, 1.82) is 0 Å². The molecule has 1 amide bonds. The fourth-order valence-electron chi connectivity index (χ4n) is 2.97. The molecule has 3 aromatic rings. The van der Waals surface area contributed by atoms with Crippen LogP contribution in [0.15, 0.2) is 53.4 Å². The fourth-order valence-corrected chi connectivity index (χ4v) is 3.87. The first-order chi connectivity index (χ1) is 14.6. The van der Waals surface area contributed by atoms with Gasteiger partial charge < -0.3 is 10.1 Å². The zero-order valence-electron chi connectivity index (χ0n) is 17.7. The molecule has 2 aromatic carbocycles. The lowest BCUT2D eigenvalue weighted by Crippen LogP contribution is -2.22. The van der Waals surface area contributed by atoms with Crippen molar-refractivity contribution in [1.82, 2.24) is 9.29 Å².